The first-order valence-electron chi connectivity index (χ1n) is 5.48. The lowest BCUT2D eigenvalue weighted by molar-refractivity contribution is 0.286. The van der Waals surface area contributed by atoms with E-state index >= 15 is 0 Å². The molecule has 0 heterocycles. The van der Waals surface area contributed by atoms with Crippen molar-refractivity contribution in [3.8, 4) is 5.75 Å². The van der Waals surface area contributed by atoms with Gasteiger partial charge in [-0.05, 0) is 31.6 Å². The van der Waals surface area contributed by atoms with Crippen molar-refractivity contribution < 1.29 is 13.9 Å². The lowest BCUT2D eigenvalue weighted by Gasteiger charge is -2.41. The molecule has 2 aliphatic carbocycles. The second kappa shape index (κ2) is 3.06. The van der Waals surface area contributed by atoms with Crippen molar-refractivity contribution in [3.05, 3.63) is 34.4 Å². The fourth-order valence-corrected chi connectivity index (χ4v) is 2.89. The lowest BCUT2D eigenvalue weighted by atomic mass is 9.63. The van der Waals surface area contributed by atoms with Gasteiger partial charge in [-0.3, -0.25) is 0 Å². The van der Waals surface area contributed by atoms with E-state index in [9.17, 15) is 13.9 Å². The average molecular weight is 222 g/mol. The Labute approximate surface area is 92.4 Å². The third kappa shape index (κ3) is 1.09. The van der Waals surface area contributed by atoms with Crippen LogP contribution in [-0.4, -0.2) is 5.11 Å². The van der Waals surface area contributed by atoms with Crippen LogP contribution >= 0.6 is 0 Å². The van der Waals surface area contributed by atoms with E-state index in [0.29, 0.717) is 11.5 Å². The normalized spacial score (nSPS) is 26.6. The molecule has 0 saturated heterocycles. The molecule has 3 rings (SSSR count). The highest BCUT2D eigenvalue weighted by Crippen LogP contribution is 2.52. The number of phenolic OH excluding ortho intramolecular Hbond substituents is 1. The molecule has 2 unspecified atom stereocenters. The van der Waals surface area contributed by atoms with Crippen LogP contribution in [0.5, 0.6) is 5.75 Å². The zero-order chi connectivity index (χ0) is 11.4. The van der Waals surface area contributed by atoms with Gasteiger partial charge in [-0.1, -0.05) is 11.6 Å². The third-order valence-electron chi connectivity index (χ3n) is 3.87. The van der Waals surface area contributed by atoms with Crippen molar-refractivity contribution in [1.82, 2.24) is 0 Å². The molecule has 0 aromatic heterocycles. The van der Waals surface area contributed by atoms with Crippen LogP contribution in [0.15, 0.2) is 11.6 Å². The van der Waals surface area contributed by atoms with Crippen molar-refractivity contribution in [3.63, 3.8) is 0 Å². The second-order valence-electron chi connectivity index (χ2n) is 4.70. The van der Waals surface area contributed by atoms with Crippen LogP contribution in [-0.2, 0) is 0 Å². The standard InChI is InChI=1S/C13H12F2O/c1-6-4-9-12(8-3-2-7(6)8)10(14)5-11(16)13(9)15/h4-5,7-8,16H,2-3H2,1H3. The topological polar surface area (TPSA) is 20.2 Å². The van der Waals surface area contributed by atoms with Crippen molar-refractivity contribution in [2.75, 3.05) is 0 Å². The second-order valence-corrected chi connectivity index (χ2v) is 4.70. The molecule has 1 saturated carbocycles. The Balaban J connectivity index is 2.29. The minimum atomic E-state index is -0.693. The van der Waals surface area contributed by atoms with E-state index in [1.807, 2.05) is 6.92 Å². The number of phenols is 1. The Morgan fingerprint density at radius 1 is 1.25 bits per heavy atom. The number of aromatic hydroxyl groups is 1. The summed E-state index contributed by atoms with van der Waals surface area (Å²) in [6, 6.07) is 0.887. The molecule has 1 fully saturated rings. The van der Waals surface area contributed by atoms with Crippen LogP contribution < -0.4 is 0 Å². The van der Waals surface area contributed by atoms with Gasteiger partial charge in [0.15, 0.2) is 11.6 Å². The molecule has 0 aliphatic heterocycles. The maximum atomic E-state index is 13.7. The highest BCUT2D eigenvalue weighted by Gasteiger charge is 2.40. The molecule has 1 aromatic carbocycles. The summed E-state index contributed by atoms with van der Waals surface area (Å²) in [7, 11) is 0. The minimum absolute atomic E-state index is 0.107. The fraction of sp³-hybridized carbons (Fsp3) is 0.385. The molecular weight excluding hydrogens is 210 g/mol. The first-order valence-corrected chi connectivity index (χ1v) is 5.48. The van der Waals surface area contributed by atoms with Crippen LogP contribution in [0.4, 0.5) is 8.78 Å². The molecular formula is C13H12F2O. The van der Waals surface area contributed by atoms with Gasteiger partial charge in [-0.25, -0.2) is 8.78 Å². The summed E-state index contributed by atoms with van der Waals surface area (Å²) < 4.78 is 27.4. The minimum Gasteiger partial charge on any atom is -0.505 e. The van der Waals surface area contributed by atoms with Crippen molar-refractivity contribution in [1.29, 1.82) is 0 Å². The lowest BCUT2D eigenvalue weighted by Crippen LogP contribution is -2.29. The van der Waals surface area contributed by atoms with Gasteiger partial charge in [0.2, 0.25) is 0 Å². The maximum absolute atomic E-state index is 13.7. The summed E-state index contributed by atoms with van der Waals surface area (Å²) in [5.74, 6) is -1.30. The van der Waals surface area contributed by atoms with Gasteiger partial charge < -0.3 is 5.11 Å². The number of hydrogen-bond donors (Lipinski definition) is 1. The fourth-order valence-electron chi connectivity index (χ4n) is 2.89. The van der Waals surface area contributed by atoms with Gasteiger partial charge >= 0.3 is 0 Å². The summed E-state index contributed by atoms with van der Waals surface area (Å²) >= 11 is 0. The first kappa shape index (κ1) is 9.82. The smallest absolute Gasteiger partial charge is 0.172 e. The number of allylic oxidation sites excluding steroid dienone is 1. The average Bonchev–Trinajstić information content (AvgIpc) is 2.16. The molecule has 1 aromatic rings. The number of halogens is 2. The highest BCUT2D eigenvalue weighted by molar-refractivity contribution is 5.65. The van der Waals surface area contributed by atoms with Gasteiger partial charge in [0.05, 0.1) is 0 Å². The molecule has 0 radical (unpaired) electrons. The van der Waals surface area contributed by atoms with Crippen LogP contribution in [0.25, 0.3) is 6.08 Å². The maximum Gasteiger partial charge on any atom is 0.172 e. The zero-order valence-corrected chi connectivity index (χ0v) is 8.93. The number of rotatable bonds is 0. The number of benzene rings is 1. The van der Waals surface area contributed by atoms with E-state index < -0.39 is 17.4 Å². The summed E-state index contributed by atoms with van der Waals surface area (Å²) in [5.41, 5.74) is 1.79. The first-order chi connectivity index (χ1) is 7.59. The van der Waals surface area contributed by atoms with Crippen molar-refractivity contribution in [2.24, 2.45) is 5.92 Å². The van der Waals surface area contributed by atoms with E-state index in [2.05, 4.69) is 0 Å². The molecule has 0 amide bonds. The number of fused-ring (bicyclic) bond motifs is 3. The summed E-state index contributed by atoms with van der Waals surface area (Å²) in [6.45, 7) is 1.95. The van der Waals surface area contributed by atoms with E-state index in [0.717, 1.165) is 24.5 Å². The van der Waals surface area contributed by atoms with Gasteiger partial charge in [0.1, 0.15) is 5.82 Å². The van der Waals surface area contributed by atoms with E-state index in [4.69, 9.17) is 0 Å². The molecule has 16 heavy (non-hydrogen) atoms. The quantitative estimate of drug-likeness (QED) is 0.711. The van der Waals surface area contributed by atoms with E-state index in [1.165, 1.54) is 0 Å². The molecule has 3 heteroatoms. The Kier molecular flexibility index (Phi) is 1.88. The molecule has 0 spiro atoms. The highest BCUT2D eigenvalue weighted by atomic mass is 19.1. The van der Waals surface area contributed by atoms with Crippen molar-refractivity contribution >= 4 is 6.08 Å². The van der Waals surface area contributed by atoms with Gasteiger partial charge in [0.25, 0.3) is 0 Å². The Morgan fingerprint density at radius 3 is 2.56 bits per heavy atom. The largest absolute Gasteiger partial charge is 0.505 e. The summed E-state index contributed by atoms with van der Waals surface area (Å²) in [4.78, 5) is 0. The Morgan fingerprint density at radius 2 is 1.94 bits per heavy atom. The van der Waals surface area contributed by atoms with Gasteiger partial charge in [-0.2, -0.15) is 0 Å². The van der Waals surface area contributed by atoms with E-state index in [-0.39, 0.29) is 11.5 Å². The molecule has 1 N–H and O–H groups in total. The van der Waals surface area contributed by atoms with Crippen LogP contribution in [0.1, 0.15) is 36.8 Å². The van der Waals surface area contributed by atoms with Crippen LogP contribution in [0.3, 0.4) is 0 Å². The predicted octanol–water partition coefficient (Wildman–Crippen LogP) is 3.58. The third-order valence-corrected chi connectivity index (χ3v) is 3.87. The SMILES string of the molecule is CC1=Cc2c(F)c(O)cc(F)c2C2CCC12. The van der Waals surface area contributed by atoms with Crippen LogP contribution in [0, 0.1) is 17.6 Å². The molecule has 1 nitrogen and oxygen atoms in total. The summed E-state index contributed by atoms with van der Waals surface area (Å²) in [6.07, 6.45) is 3.63. The predicted molar refractivity (Wildman–Crippen MR) is 57.1 cm³/mol. The van der Waals surface area contributed by atoms with Crippen molar-refractivity contribution in [2.45, 2.75) is 25.7 Å². The molecule has 84 valence electrons. The van der Waals surface area contributed by atoms with E-state index in [1.54, 1.807) is 6.08 Å². The zero-order valence-electron chi connectivity index (χ0n) is 8.93. The van der Waals surface area contributed by atoms with Crippen LogP contribution in [0.2, 0.25) is 0 Å². The monoisotopic (exact) mass is 222 g/mol. The molecule has 0 bridgehead atoms. The Hall–Kier alpha value is -1.38. The number of hydrogen-bond acceptors (Lipinski definition) is 1. The molecule has 2 aliphatic rings. The Bertz CT molecular complexity index is 505. The summed E-state index contributed by atoms with van der Waals surface area (Å²) in [5, 5.41) is 9.27. The molecule has 2 atom stereocenters. The van der Waals surface area contributed by atoms with Gasteiger partial charge in [-0.15, -0.1) is 0 Å². The van der Waals surface area contributed by atoms with Gasteiger partial charge in [0, 0.05) is 17.2 Å².